The van der Waals surface area contributed by atoms with Gasteiger partial charge in [0.2, 0.25) is 5.91 Å². The number of primary amides is 1. The maximum Gasteiger partial charge on any atom is 0.407 e. The first-order valence-corrected chi connectivity index (χ1v) is 7.82. The van der Waals surface area contributed by atoms with Gasteiger partial charge in [-0.05, 0) is 53.0 Å². The molecule has 1 atom stereocenters. The van der Waals surface area contributed by atoms with E-state index in [0.717, 1.165) is 0 Å². The number of carbonyl (C=O) groups excluding carboxylic acids is 2. The lowest BCUT2D eigenvalue weighted by molar-refractivity contribution is -0.125. The third-order valence-corrected chi connectivity index (χ3v) is 3.49. The van der Waals surface area contributed by atoms with Crippen molar-refractivity contribution in [2.75, 3.05) is 19.6 Å². The molecule has 0 rings (SSSR count). The fourth-order valence-corrected chi connectivity index (χ4v) is 1.73. The maximum absolute atomic E-state index is 11.7. The van der Waals surface area contributed by atoms with E-state index in [2.05, 4.69) is 24.5 Å². The van der Waals surface area contributed by atoms with Crippen molar-refractivity contribution in [3.63, 3.8) is 0 Å². The minimum atomic E-state index is -0.583. The molecule has 0 fully saturated rings. The number of hydrogen-bond acceptors (Lipinski definition) is 4. The second-order valence-electron chi connectivity index (χ2n) is 7.77. The summed E-state index contributed by atoms with van der Waals surface area (Å²) in [5.41, 5.74) is 4.27. The first-order chi connectivity index (χ1) is 9.85. The van der Waals surface area contributed by atoms with Crippen LogP contribution in [0.3, 0.4) is 0 Å². The number of rotatable bonds is 8. The standard InChI is InChI=1S/C16H33N3O3/c1-11(2)12(8-18-10-16(6,7)13(17)20)9-19-14(21)22-15(3,4)5/h11-12,18H,8-10H2,1-7H3,(H2,17,20)(H,19,21). The number of nitrogens with two attached hydrogens (primary N) is 1. The molecule has 0 radical (unpaired) electrons. The lowest BCUT2D eigenvalue weighted by Crippen LogP contribution is -2.44. The van der Waals surface area contributed by atoms with Crippen molar-refractivity contribution in [2.45, 2.75) is 54.1 Å². The number of amides is 2. The van der Waals surface area contributed by atoms with Crippen LogP contribution < -0.4 is 16.4 Å². The van der Waals surface area contributed by atoms with Gasteiger partial charge in [-0.25, -0.2) is 4.79 Å². The fraction of sp³-hybridized carbons (Fsp3) is 0.875. The molecular formula is C16H33N3O3. The number of nitrogens with one attached hydrogen (secondary N) is 2. The lowest BCUT2D eigenvalue weighted by atomic mass is 9.91. The summed E-state index contributed by atoms with van der Waals surface area (Å²) in [7, 11) is 0. The highest BCUT2D eigenvalue weighted by atomic mass is 16.6. The Hall–Kier alpha value is -1.30. The van der Waals surface area contributed by atoms with Gasteiger partial charge in [0.25, 0.3) is 0 Å². The van der Waals surface area contributed by atoms with Crippen LogP contribution in [0.5, 0.6) is 0 Å². The van der Waals surface area contributed by atoms with Crippen LogP contribution in [0.4, 0.5) is 4.79 Å². The molecule has 22 heavy (non-hydrogen) atoms. The molecular weight excluding hydrogens is 282 g/mol. The smallest absolute Gasteiger partial charge is 0.407 e. The summed E-state index contributed by atoms with van der Waals surface area (Å²) < 4.78 is 5.23. The van der Waals surface area contributed by atoms with Crippen molar-refractivity contribution in [3.8, 4) is 0 Å². The van der Waals surface area contributed by atoms with Gasteiger partial charge in [0.1, 0.15) is 5.60 Å². The predicted molar refractivity (Wildman–Crippen MR) is 88.4 cm³/mol. The summed E-state index contributed by atoms with van der Waals surface area (Å²) in [5, 5.41) is 6.07. The maximum atomic E-state index is 11.7. The molecule has 0 aromatic heterocycles. The van der Waals surface area contributed by atoms with E-state index >= 15 is 0 Å². The van der Waals surface area contributed by atoms with Gasteiger partial charge in [0.15, 0.2) is 0 Å². The molecule has 0 saturated heterocycles. The molecule has 0 bridgehead atoms. The molecule has 0 aliphatic carbocycles. The molecule has 0 saturated carbocycles. The molecule has 130 valence electrons. The molecule has 2 amide bonds. The van der Waals surface area contributed by atoms with Crippen LogP contribution in [-0.2, 0) is 9.53 Å². The minimum Gasteiger partial charge on any atom is -0.444 e. The first-order valence-electron chi connectivity index (χ1n) is 7.82. The Morgan fingerprint density at radius 3 is 2.05 bits per heavy atom. The number of hydrogen-bond donors (Lipinski definition) is 3. The second kappa shape index (κ2) is 8.36. The van der Waals surface area contributed by atoms with Crippen molar-refractivity contribution in [3.05, 3.63) is 0 Å². The lowest BCUT2D eigenvalue weighted by Gasteiger charge is -2.26. The Kier molecular flexibility index (Phi) is 7.87. The highest BCUT2D eigenvalue weighted by Crippen LogP contribution is 2.14. The predicted octanol–water partition coefficient (Wildman–Crippen LogP) is 1.88. The molecule has 6 nitrogen and oxygen atoms in total. The molecule has 0 spiro atoms. The normalized spacial score (nSPS) is 13.8. The molecule has 0 aliphatic heterocycles. The Labute approximate surface area is 134 Å². The summed E-state index contributed by atoms with van der Waals surface area (Å²) >= 11 is 0. The highest BCUT2D eigenvalue weighted by Gasteiger charge is 2.25. The van der Waals surface area contributed by atoms with Crippen molar-refractivity contribution < 1.29 is 14.3 Å². The van der Waals surface area contributed by atoms with Crippen LogP contribution in [0.2, 0.25) is 0 Å². The monoisotopic (exact) mass is 315 g/mol. The van der Waals surface area contributed by atoms with E-state index in [1.165, 1.54) is 0 Å². The van der Waals surface area contributed by atoms with Crippen molar-refractivity contribution in [2.24, 2.45) is 23.0 Å². The SMILES string of the molecule is CC(C)C(CNCC(C)(C)C(N)=O)CNC(=O)OC(C)(C)C. The third-order valence-electron chi connectivity index (χ3n) is 3.49. The summed E-state index contributed by atoms with van der Waals surface area (Å²) in [6.07, 6.45) is -0.407. The van der Waals surface area contributed by atoms with Crippen LogP contribution >= 0.6 is 0 Å². The van der Waals surface area contributed by atoms with Gasteiger partial charge in [0, 0.05) is 13.1 Å². The van der Waals surface area contributed by atoms with E-state index in [4.69, 9.17) is 10.5 Å². The summed E-state index contributed by atoms with van der Waals surface area (Å²) in [5.74, 6) is 0.309. The molecule has 0 heterocycles. The van der Waals surface area contributed by atoms with Crippen LogP contribution in [0.15, 0.2) is 0 Å². The van der Waals surface area contributed by atoms with Gasteiger partial charge < -0.3 is 21.1 Å². The van der Waals surface area contributed by atoms with Gasteiger partial charge in [-0.15, -0.1) is 0 Å². The van der Waals surface area contributed by atoms with Gasteiger partial charge in [0.05, 0.1) is 5.41 Å². The van der Waals surface area contributed by atoms with Crippen molar-refractivity contribution in [1.29, 1.82) is 0 Å². The van der Waals surface area contributed by atoms with Crippen LogP contribution in [0, 0.1) is 17.3 Å². The Morgan fingerprint density at radius 1 is 1.09 bits per heavy atom. The average Bonchev–Trinajstić information content (AvgIpc) is 2.30. The summed E-state index contributed by atoms with van der Waals surface area (Å²) in [6, 6.07) is 0. The van der Waals surface area contributed by atoms with Gasteiger partial charge >= 0.3 is 6.09 Å². The zero-order valence-electron chi connectivity index (χ0n) is 15.1. The molecule has 4 N–H and O–H groups in total. The van der Waals surface area contributed by atoms with Crippen LogP contribution in [-0.4, -0.2) is 37.2 Å². The molecule has 0 aromatic rings. The Balaban J connectivity index is 4.28. The summed E-state index contributed by atoms with van der Waals surface area (Å²) in [4.78, 5) is 23.0. The minimum absolute atomic E-state index is 0.246. The third kappa shape index (κ3) is 8.87. The largest absolute Gasteiger partial charge is 0.444 e. The van der Waals surface area contributed by atoms with Crippen molar-refractivity contribution in [1.82, 2.24) is 10.6 Å². The summed E-state index contributed by atoms with van der Waals surface area (Å²) in [6.45, 7) is 15.1. The Morgan fingerprint density at radius 2 is 1.64 bits per heavy atom. The van der Waals surface area contributed by atoms with Crippen molar-refractivity contribution >= 4 is 12.0 Å². The molecule has 6 heteroatoms. The van der Waals surface area contributed by atoms with Crippen LogP contribution in [0.25, 0.3) is 0 Å². The second-order valence-corrected chi connectivity index (χ2v) is 7.77. The zero-order chi connectivity index (χ0) is 17.6. The fourth-order valence-electron chi connectivity index (χ4n) is 1.73. The Bertz CT molecular complexity index is 373. The van der Waals surface area contributed by atoms with E-state index in [1.54, 1.807) is 0 Å². The van der Waals surface area contributed by atoms with Gasteiger partial charge in [-0.2, -0.15) is 0 Å². The number of alkyl carbamates (subject to hydrolysis) is 1. The highest BCUT2D eigenvalue weighted by molar-refractivity contribution is 5.80. The number of ether oxygens (including phenoxy) is 1. The van der Waals surface area contributed by atoms with E-state index in [1.807, 2.05) is 34.6 Å². The van der Waals surface area contributed by atoms with Crippen LogP contribution in [0.1, 0.15) is 48.5 Å². The molecule has 0 aromatic carbocycles. The number of carbonyl (C=O) groups is 2. The zero-order valence-corrected chi connectivity index (χ0v) is 15.1. The van der Waals surface area contributed by atoms with Gasteiger partial charge in [-0.1, -0.05) is 13.8 Å². The van der Waals surface area contributed by atoms with Gasteiger partial charge in [-0.3, -0.25) is 4.79 Å². The average molecular weight is 315 g/mol. The first kappa shape index (κ1) is 20.7. The van der Waals surface area contributed by atoms with E-state index in [-0.39, 0.29) is 11.8 Å². The van der Waals surface area contributed by atoms with E-state index < -0.39 is 17.1 Å². The van der Waals surface area contributed by atoms with E-state index in [0.29, 0.717) is 25.6 Å². The molecule has 0 aliphatic rings. The molecule has 1 unspecified atom stereocenters. The van der Waals surface area contributed by atoms with E-state index in [9.17, 15) is 9.59 Å². The topological polar surface area (TPSA) is 93.5 Å². The quantitative estimate of drug-likeness (QED) is 0.637.